The van der Waals surface area contributed by atoms with Crippen molar-refractivity contribution in [2.75, 3.05) is 40.6 Å². The maximum absolute atomic E-state index is 12.8. The number of carbonyl (C=O) groups is 2. The molecule has 0 N–H and O–H groups in total. The fraction of sp³-hybridized carbons (Fsp3) is 0.478. The van der Waals surface area contributed by atoms with Crippen LogP contribution in [0.1, 0.15) is 31.7 Å². The van der Waals surface area contributed by atoms with Gasteiger partial charge in [-0.15, -0.1) is 0 Å². The van der Waals surface area contributed by atoms with Gasteiger partial charge in [0.2, 0.25) is 0 Å². The summed E-state index contributed by atoms with van der Waals surface area (Å²) in [5.41, 5.74) is 1.43. The van der Waals surface area contributed by atoms with Crippen LogP contribution in [-0.4, -0.2) is 63.4 Å². The van der Waals surface area contributed by atoms with Gasteiger partial charge in [0.05, 0.1) is 18.2 Å². The number of hydrogen-bond acceptors (Lipinski definition) is 6. The Kier molecular flexibility index (Phi) is 7.98. The van der Waals surface area contributed by atoms with E-state index >= 15 is 0 Å². The lowest BCUT2D eigenvalue weighted by atomic mass is 10.0. The first-order valence-corrected chi connectivity index (χ1v) is 10.8. The highest BCUT2D eigenvalue weighted by atomic mass is 35.5. The summed E-state index contributed by atoms with van der Waals surface area (Å²) in [6.45, 7) is 3.20. The van der Waals surface area contributed by atoms with Crippen molar-refractivity contribution in [2.24, 2.45) is 0 Å². The molecule has 0 unspecified atom stereocenters. The number of benzene rings is 1. The van der Waals surface area contributed by atoms with Crippen LogP contribution in [0.25, 0.3) is 6.08 Å². The van der Waals surface area contributed by atoms with E-state index in [-0.39, 0.29) is 30.7 Å². The highest BCUT2D eigenvalue weighted by Gasteiger charge is 2.33. The van der Waals surface area contributed by atoms with E-state index in [2.05, 4.69) is 0 Å². The third kappa shape index (κ3) is 6.02. The van der Waals surface area contributed by atoms with Crippen LogP contribution in [0.5, 0.6) is 11.5 Å². The number of carbonyl (C=O) groups excluding carboxylic acids is 2. The number of methoxy groups -OCH3 is 1. The largest absolute Gasteiger partial charge is 0.492 e. The monoisotopic (exact) mass is 449 g/mol. The van der Waals surface area contributed by atoms with Gasteiger partial charge in [-0.1, -0.05) is 11.6 Å². The molecule has 1 saturated carbocycles. The van der Waals surface area contributed by atoms with Crippen molar-refractivity contribution in [1.82, 2.24) is 4.90 Å². The molecule has 0 spiro atoms. The minimum atomic E-state index is -0.635. The standard InChI is InChI=1S/C23H28ClNO6/c1-4-29-23(27)18(22(26)25(2)17-6-7-17)11-15-10-16-12-19(24)21(13-20(16)31-14-15)30-9-5-8-28-3/h10-13,17H,4-9,14H2,1-3H3/b18-11+. The van der Waals surface area contributed by atoms with Crippen molar-refractivity contribution < 1.29 is 28.5 Å². The van der Waals surface area contributed by atoms with Crippen molar-refractivity contribution in [3.63, 3.8) is 0 Å². The van der Waals surface area contributed by atoms with Crippen molar-refractivity contribution in [3.05, 3.63) is 39.9 Å². The molecule has 31 heavy (non-hydrogen) atoms. The van der Waals surface area contributed by atoms with E-state index in [4.69, 9.17) is 30.5 Å². The molecule has 1 aliphatic heterocycles. The maximum Gasteiger partial charge on any atom is 0.343 e. The first kappa shape index (κ1) is 23.2. The van der Waals surface area contributed by atoms with Gasteiger partial charge in [-0.05, 0) is 43.6 Å². The number of likely N-dealkylation sites (N-methyl/N-ethyl adjacent to an activating group) is 1. The molecule has 1 fully saturated rings. The smallest absolute Gasteiger partial charge is 0.343 e. The van der Waals surface area contributed by atoms with E-state index in [1.165, 1.54) is 0 Å². The lowest BCUT2D eigenvalue weighted by Gasteiger charge is -2.20. The molecule has 0 radical (unpaired) electrons. The van der Waals surface area contributed by atoms with E-state index in [0.717, 1.165) is 24.8 Å². The number of fused-ring (bicyclic) bond motifs is 1. The average Bonchev–Trinajstić information content (AvgIpc) is 3.60. The third-order valence-corrected chi connectivity index (χ3v) is 5.32. The van der Waals surface area contributed by atoms with E-state index in [1.54, 1.807) is 44.2 Å². The first-order chi connectivity index (χ1) is 14.9. The lowest BCUT2D eigenvalue weighted by Crippen LogP contribution is -2.33. The Balaban J connectivity index is 1.82. The quantitative estimate of drug-likeness (QED) is 0.178. The molecule has 3 rings (SSSR count). The SMILES string of the molecule is CCOC(=O)/C(=C/C1=Cc2cc(Cl)c(OCCCOC)cc2OC1)C(=O)N(C)C1CC1. The van der Waals surface area contributed by atoms with Crippen molar-refractivity contribution in [2.45, 2.75) is 32.2 Å². The van der Waals surface area contributed by atoms with E-state index in [9.17, 15) is 9.59 Å². The minimum absolute atomic E-state index is 0.00116. The van der Waals surface area contributed by atoms with E-state index in [1.807, 2.05) is 6.08 Å². The van der Waals surface area contributed by atoms with E-state index < -0.39 is 5.97 Å². The minimum Gasteiger partial charge on any atom is -0.492 e. The number of halogens is 1. The molecule has 0 atom stereocenters. The predicted molar refractivity (Wildman–Crippen MR) is 117 cm³/mol. The Bertz CT molecular complexity index is 890. The zero-order valence-corrected chi connectivity index (χ0v) is 18.9. The summed E-state index contributed by atoms with van der Waals surface area (Å²) in [6.07, 6.45) is 6.05. The molecule has 1 heterocycles. The van der Waals surface area contributed by atoms with Crippen LogP contribution in [0.3, 0.4) is 0 Å². The van der Waals surface area contributed by atoms with Gasteiger partial charge in [0.25, 0.3) is 5.91 Å². The summed E-state index contributed by atoms with van der Waals surface area (Å²) in [4.78, 5) is 26.9. The Morgan fingerprint density at radius 1 is 1.29 bits per heavy atom. The maximum atomic E-state index is 12.8. The zero-order valence-electron chi connectivity index (χ0n) is 18.1. The fourth-order valence-electron chi connectivity index (χ4n) is 3.19. The summed E-state index contributed by atoms with van der Waals surface area (Å²) < 4.78 is 21.7. The van der Waals surface area contributed by atoms with Crippen molar-refractivity contribution in [1.29, 1.82) is 0 Å². The molecule has 0 saturated heterocycles. The van der Waals surface area contributed by atoms with Gasteiger partial charge >= 0.3 is 5.97 Å². The van der Waals surface area contributed by atoms with Gasteiger partial charge in [0.15, 0.2) is 0 Å². The van der Waals surface area contributed by atoms with Gasteiger partial charge in [0.1, 0.15) is 23.7 Å². The third-order valence-electron chi connectivity index (χ3n) is 5.02. The molecule has 0 bridgehead atoms. The average molecular weight is 450 g/mol. The van der Waals surface area contributed by atoms with Crippen LogP contribution >= 0.6 is 11.6 Å². The number of nitrogens with zero attached hydrogens (tertiary/aromatic N) is 1. The molecular formula is C23H28ClNO6. The van der Waals surface area contributed by atoms with Crippen LogP contribution in [0.4, 0.5) is 0 Å². The van der Waals surface area contributed by atoms with Crippen molar-refractivity contribution >= 4 is 29.6 Å². The topological polar surface area (TPSA) is 74.3 Å². The highest BCUT2D eigenvalue weighted by Crippen LogP contribution is 2.37. The Hall–Kier alpha value is -2.51. The number of esters is 1. The van der Waals surface area contributed by atoms with Gasteiger partial charge in [-0.3, -0.25) is 4.79 Å². The normalized spacial score (nSPS) is 15.5. The summed E-state index contributed by atoms with van der Waals surface area (Å²) in [5.74, 6) is 0.190. The van der Waals surface area contributed by atoms with Gasteiger partial charge in [0, 0.05) is 44.9 Å². The Morgan fingerprint density at radius 3 is 2.74 bits per heavy atom. The highest BCUT2D eigenvalue weighted by molar-refractivity contribution is 6.32. The molecule has 2 aliphatic rings. The second kappa shape index (κ2) is 10.7. The molecular weight excluding hydrogens is 422 g/mol. The summed E-state index contributed by atoms with van der Waals surface area (Å²) in [7, 11) is 3.35. The van der Waals surface area contributed by atoms with E-state index in [0.29, 0.717) is 35.3 Å². The molecule has 7 nitrogen and oxygen atoms in total. The predicted octanol–water partition coefficient (Wildman–Crippen LogP) is 3.64. The molecule has 168 valence electrons. The Labute approximate surface area is 187 Å². The molecule has 1 aromatic rings. The number of rotatable bonds is 10. The molecule has 8 heteroatoms. The molecule has 1 aliphatic carbocycles. The number of amides is 1. The molecule has 0 aromatic heterocycles. The second-order valence-corrected chi connectivity index (χ2v) is 7.86. The Morgan fingerprint density at radius 2 is 2.06 bits per heavy atom. The van der Waals surface area contributed by atoms with Crippen LogP contribution < -0.4 is 9.47 Å². The lowest BCUT2D eigenvalue weighted by molar-refractivity contribution is -0.141. The molecule has 1 aromatic carbocycles. The number of ether oxygens (including phenoxy) is 4. The van der Waals surface area contributed by atoms with Crippen LogP contribution in [0.2, 0.25) is 5.02 Å². The van der Waals surface area contributed by atoms with Crippen LogP contribution in [0.15, 0.2) is 29.4 Å². The van der Waals surface area contributed by atoms with Gasteiger partial charge < -0.3 is 23.8 Å². The fourth-order valence-corrected chi connectivity index (χ4v) is 3.42. The zero-order chi connectivity index (χ0) is 22.4. The van der Waals surface area contributed by atoms with Crippen LogP contribution in [0, 0.1) is 0 Å². The molecule has 1 amide bonds. The first-order valence-electron chi connectivity index (χ1n) is 10.4. The second-order valence-electron chi connectivity index (χ2n) is 7.45. The van der Waals surface area contributed by atoms with Gasteiger partial charge in [-0.2, -0.15) is 0 Å². The van der Waals surface area contributed by atoms with Crippen LogP contribution in [-0.2, 0) is 19.1 Å². The summed E-state index contributed by atoms with van der Waals surface area (Å²) in [5, 5.41) is 0.455. The van der Waals surface area contributed by atoms with Crippen molar-refractivity contribution in [3.8, 4) is 11.5 Å². The van der Waals surface area contributed by atoms with Gasteiger partial charge in [-0.25, -0.2) is 4.79 Å². The number of hydrogen-bond donors (Lipinski definition) is 0. The summed E-state index contributed by atoms with van der Waals surface area (Å²) >= 11 is 6.36. The summed E-state index contributed by atoms with van der Waals surface area (Å²) in [6, 6.07) is 3.68.